The second kappa shape index (κ2) is 8.49. The van der Waals surface area contributed by atoms with Gasteiger partial charge in [0.15, 0.2) is 0 Å². The van der Waals surface area contributed by atoms with E-state index in [1.165, 1.54) is 5.01 Å². The van der Waals surface area contributed by atoms with E-state index < -0.39 is 5.97 Å². The molecule has 1 unspecified atom stereocenters. The van der Waals surface area contributed by atoms with E-state index in [-0.39, 0.29) is 24.8 Å². The third-order valence-electron chi connectivity index (χ3n) is 4.55. The van der Waals surface area contributed by atoms with Gasteiger partial charge in [0.1, 0.15) is 5.75 Å². The molecule has 1 aliphatic heterocycles. The summed E-state index contributed by atoms with van der Waals surface area (Å²) in [6, 6.07) is 17.1. The quantitative estimate of drug-likeness (QED) is 0.811. The number of ether oxygens (including phenoxy) is 1. The molecule has 2 aromatic rings. The SMILES string of the molecule is COc1ccccc1C1=NN(C(=O)CCCC(=O)O)C(c2ccccc2)C1. The summed E-state index contributed by atoms with van der Waals surface area (Å²) in [4.78, 5) is 23.5. The minimum absolute atomic E-state index is 0.0291. The van der Waals surface area contributed by atoms with E-state index in [2.05, 4.69) is 5.10 Å². The zero-order valence-corrected chi connectivity index (χ0v) is 15.2. The predicted octanol–water partition coefficient (Wildman–Crippen LogP) is 3.63. The van der Waals surface area contributed by atoms with Gasteiger partial charge in [0, 0.05) is 24.8 Å². The van der Waals surface area contributed by atoms with Crippen LogP contribution in [0.2, 0.25) is 0 Å². The van der Waals surface area contributed by atoms with Gasteiger partial charge in [-0.05, 0) is 24.1 Å². The molecule has 1 amide bonds. The first-order chi connectivity index (χ1) is 13.1. The molecule has 0 spiro atoms. The molecular weight excluding hydrogens is 344 g/mol. The van der Waals surface area contributed by atoms with Gasteiger partial charge in [-0.3, -0.25) is 9.59 Å². The van der Waals surface area contributed by atoms with Crippen molar-refractivity contribution in [3.05, 3.63) is 65.7 Å². The second-order valence-corrected chi connectivity index (χ2v) is 6.36. The lowest BCUT2D eigenvalue weighted by atomic mass is 9.98. The highest BCUT2D eigenvalue weighted by Gasteiger charge is 2.33. The van der Waals surface area contributed by atoms with Crippen molar-refractivity contribution in [2.45, 2.75) is 31.7 Å². The fourth-order valence-corrected chi connectivity index (χ4v) is 3.23. The van der Waals surface area contributed by atoms with Crippen LogP contribution in [0.1, 0.15) is 42.9 Å². The number of carbonyl (C=O) groups excluding carboxylic acids is 1. The molecule has 3 rings (SSSR count). The van der Waals surface area contributed by atoms with Gasteiger partial charge in [-0.1, -0.05) is 42.5 Å². The third-order valence-corrected chi connectivity index (χ3v) is 4.55. The molecule has 1 atom stereocenters. The summed E-state index contributed by atoms with van der Waals surface area (Å²) in [6.07, 6.45) is 0.998. The molecule has 6 heteroatoms. The molecule has 140 valence electrons. The van der Waals surface area contributed by atoms with E-state index in [0.717, 1.165) is 16.8 Å². The minimum atomic E-state index is -0.901. The number of hydrogen-bond acceptors (Lipinski definition) is 4. The number of benzene rings is 2. The molecule has 0 fully saturated rings. The number of hydrogen-bond donors (Lipinski definition) is 1. The summed E-state index contributed by atoms with van der Waals surface area (Å²) >= 11 is 0. The van der Waals surface area contributed by atoms with Crippen LogP contribution < -0.4 is 4.74 Å². The maximum absolute atomic E-state index is 12.7. The number of aliphatic carboxylic acids is 1. The van der Waals surface area contributed by atoms with Gasteiger partial charge in [0.05, 0.1) is 18.9 Å². The molecule has 2 aromatic carbocycles. The Labute approximate surface area is 158 Å². The Kier molecular flexibility index (Phi) is 5.86. The number of rotatable bonds is 7. The largest absolute Gasteiger partial charge is 0.496 e. The van der Waals surface area contributed by atoms with Gasteiger partial charge in [-0.25, -0.2) is 5.01 Å². The molecule has 27 heavy (non-hydrogen) atoms. The molecule has 0 saturated carbocycles. The summed E-state index contributed by atoms with van der Waals surface area (Å²) in [5.41, 5.74) is 2.65. The monoisotopic (exact) mass is 366 g/mol. The van der Waals surface area contributed by atoms with Crippen LogP contribution >= 0.6 is 0 Å². The number of para-hydroxylation sites is 1. The zero-order chi connectivity index (χ0) is 19.2. The van der Waals surface area contributed by atoms with Gasteiger partial charge in [0.25, 0.3) is 0 Å². The Morgan fingerprint density at radius 1 is 1.11 bits per heavy atom. The van der Waals surface area contributed by atoms with Gasteiger partial charge >= 0.3 is 5.97 Å². The molecular formula is C21H22N2O4. The first-order valence-electron chi connectivity index (χ1n) is 8.90. The van der Waals surface area contributed by atoms with Crippen LogP contribution in [0.25, 0.3) is 0 Å². The lowest BCUT2D eigenvalue weighted by Crippen LogP contribution is -2.26. The molecule has 0 aliphatic carbocycles. The maximum atomic E-state index is 12.7. The van der Waals surface area contributed by atoms with Crippen LogP contribution in [0.3, 0.4) is 0 Å². The van der Waals surface area contributed by atoms with Crippen molar-refractivity contribution in [1.82, 2.24) is 5.01 Å². The fourth-order valence-electron chi connectivity index (χ4n) is 3.23. The molecule has 1 aliphatic rings. The summed E-state index contributed by atoms with van der Waals surface area (Å²) in [5.74, 6) is -0.361. The average molecular weight is 366 g/mol. The minimum Gasteiger partial charge on any atom is -0.496 e. The summed E-state index contributed by atoms with van der Waals surface area (Å²) < 4.78 is 5.44. The van der Waals surface area contributed by atoms with Crippen LogP contribution in [0.4, 0.5) is 0 Å². The Morgan fingerprint density at radius 2 is 1.81 bits per heavy atom. The molecule has 0 saturated heterocycles. The van der Waals surface area contributed by atoms with Gasteiger partial charge in [-0.15, -0.1) is 0 Å². The number of nitrogens with zero attached hydrogens (tertiary/aromatic N) is 2. The molecule has 1 heterocycles. The van der Waals surface area contributed by atoms with E-state index in [0.29, 0.717) is 18.6 Å². The van der Waals surface area contributed by atoms with Crippen molar-refractivity contribution in [3.8, 4) is 5.75 Å². The van der Waals surface area contributed by atoms with Gasteiger partial charge in [0.2, 0.25) is 5.91 Å². The van der Waals surface area contributed by atoms with Crippen LogP contribution in [-0.2, 0) is 9.59 Å². The van der Waals surface area contributed by atoms with Crippen LogP contribution in [0, 0.1) is 0 Å². The van der Waals surface area contributed by atoms with Crippen LogP contribution in [0.5, 0.6) is 5.75 Å². The normalized spacial score (nSPS) is 16.1. The smallest absolute Gasteiger partial charge is 0.303 e. The lowest BCUT2D eigenvalue weighted by molar-refractivity contribution is -0.137. The number of hydrazone groups is 1. The summed E-state index contributed by atoms with van der Waals surface area (Å²) in [6.45, 7) is 0. The van der Waals surface area contributed by atoms with E-state index in [1.54, 1.807) is 7.11 Å². The number of methoxy groups -OCH3 is 1. The maximum Gasteiger partial charge on any atom is 0.303 e. The number of carbonyl (C=O) groups is 2. The van der Waals surface area contributed by atoms with Crippen molar-refractivity contribution in [3.63, 3.8) is 0 Å². The fraction of sp³-hybridized carbons (Fsp3) is 0.286. The van der Waals surface area contributed by atoms with E-state index in [4.69, 9.17) is 9.84 Å². The molecule has 0 radical (unpaired) electrons. The first-order valence-corrected chi connectivity index (χ1v) is 8.90. The standard InChI is InChI=1S/C21H22N2O4/c1-27-19-11-6-5-10-16(19)17-14-18(15-8-3-2-4-9-15)23(22-17)20(24)12-7-13-21(25)26/h2-6,8-11,18H,7,12-14H2,1H3,(H,25,26). The van der Waals surface area contributed by atoms with Crippen molar-refractivity contribution < 1.29 is 19.4 Å². The summed E-state index contributed by atoms with van der Waals surface area (Å²) in [5, 5.41) is 14.9. The number of carboxylic acid groups (broad SMARTS) is 1. The average Bonchev–Trinajstić information content (AvgIpc) is 3.13. The highest BCUT2D eigenvalue weighted by Crippen LogP contribution is 2.35. The zero-order valence-electron chi connectivity index (χ0n) is 15.2. The topological polar surface area (TPSA) is 79.2 Å². The van der Waals surface area contributed by atoms with E-state index in [1.807, 2.05) is 54.6 Å². The summed E-state index contributed by atoms with van der Waals surface area (Å²) in [7, 11) is 1.61. The van der Waals surface area contributed by atoms with Crippen molar-refractivity contribution in [2.24, 2.45) is 5.10 Å². The Balaban J connectivity index is 1.88. The molecule has 1 N–H and O–H groups in total. The highest BCUT2D eigenvalue weighted by atomic mass is 16.5. The second-order valence-electron chi connectivity index (χ2n) is 6.36. The van der Waals surface area contributed by atoms with E-state index in [9.17, 15) is 9.59 Å². The van der Waals surface area contributed by atoms with Gasteiger partial charge < -0.3 is 9.84 Å². The third kappa shape index (κ3) is 4.34. The molecule has 0 aromatic heterocycles. The molecule has 0 bridgehead atoms. The number of amides is 1. The van der Waals surface area contributed by atoms with Crippen molar-refractivity contribution >= 4 is 17.6 Å². The van der Waals surface area contributed by atoms with Crippen LogP contribution in [0.15, 0.2) is 59.7 Å². The van der Waals surface area contributed by atoms with Crippen molar-refractivity contribution in [2.75, 3.05) is 7.11 Å². The van der Waals surface area contributed by atoms with E-state index >= 15 is 0 Å². The lowest BCUT2D eigenvalue weighted by Gasteiger charge is -2.22. The van der Waals surface area contributed by atoms with Crippen LogP contribution in [-0.4, -0.2) is 34.8 Å². The predicted molar refractivity (Wildman–Crippen MR) is 102 cm³/mol. The highest BCUT2D eigenvalue weighted by molar-refractivity contribution is 6.05. The first kappa shape index (κ1) is 18.6. The number of carboxylic acids is 1. The van der Waals surface area contributed by atoms with Gasteiger partial charge in [-0.2, -0.15) is 5.10 Å². The Hall–Kier alpha value is -3.15. The Morgan fingerprint density at radius 3 is 2.52 bits per heavy atom. The molecule has 6 nitrogen and oxygen atoms in total. The Bertz CT molecular complexity index is 848. The van der Waals surface area contributed by atoms with Crippen molar-refractivity contribution in [1.29, 1.82) is 0 Å².